The highest BCUT2D eigenvalue weighted by atomic mass is 35.5. The summed E-state index contributed by atoms with van der Waals surface area (Å²) in [6.07, 6.45) is 1.57. The van der Waals surface area contributed by atoms with Gasteiger partial charge in [-0.05, 0) is 37.5 Å². The molecule has 8 heteroatoms. The second kappa shape index (κ2) is 7.41. The first-order valence-electron chi connectivity index (χ1n) is 6.81. The smallest absolute Gasteiger partial charge is 0.338 e. The van der Waals surface area contributed by atoms with E-state index < -0.39 is 16.0 Å². The molecule has 1 aliphatic heterocycles. The average Bonchev–Trinajstić information content (AvgIpc) is 2.46. The molecule has 1 fully saturated rings. The number of nitrogens with two attached hydrogens (primary N) is 1. The Bertz CT molecular complexity index is 648. The minimum absolute atomic E-state index is 0. The number of hydrogen-bond donors (Lipinski definition) is 1. The van der Waals surface area contributed by atoms with E-state index in [1.807, 2.05) is 0 Å². The molecule has 22 heavy (non-hydrogen) atoms. The molecule has 1 aromatic rings. The van der Waals surface area contributed by atoms with E-state index in [1.54, 1.807) is 13.0 Å². The number of piperidine rings is 1. The maximum absolute atomic E-state index is 12.6. The topological polar surface area (TPSA) is 89.7 Å². The first-order chi connectivity index (χ1) is 9.86. The van der Waals surface area contributed by atoms with Crippen LogP contribution in [0.2, 0.25) is 0 Å². The van der Waals surface area contributed by atoms with Crippen LogP contribution in [0.4, 0.5) is 0 Å². The predicted octanol–water partition coefficient (Wildman–Crippen LogP) is 1.32. The SMILES string of the molecule is COC(=O)c1cc(S(=O)(=O)N2CCCC(N)C2)ccc1C.Cl. The van der Waals surface area contributed by atoms with Gasteiger partial charge < -0.3 is 10.5 Å². The molecule has 0 amide bonds. The summed E-state index contributed by atoms with van der Waals surface area (Å²) in [5.41, 5.74) is 6.78. The van der Waals surface area contributed by atoms with E-state index >= 15 is 0 Å². The maximum atomic E-state index is 12.6. The lowest BCUT2D eigenvalue weighted by Crippen LogP contribution is -2.45. The van der Waals surface area contributed by atoms with Crippen LogP contribution in [0.1, 0.15) is 28.8 Å². The molecule has 0 bridgehead atoms. The number of carbonyl (C=O) groups excluding carboxylic acids is 1. The number of rotatable bonds is 3. The molecule has 0 aliphatic carbocycles. The number of esters is 1. The number of halogens is 1. The maximum Gasteiger partial charge on any atom is 0.338 e. The summed E-state index contributed by atoms with van der Waals surface area (Å²) in [6.45, 7) is 2.50. The summed E-state index contributed by atoms with van der Waals surface area (Å²) in [6, 6.07) is 4.36. The van der Waals surface area contributed by atoms with E-state index in [1.165, 1.54) is 23.5 Å². The van der Waals surface area contributed by atoms with Crippen molar-refractivity contribution in [1.29, 1.82) is 0 Å². The van der Waals surface area contributed by atoms with Crippen molar-refractivity contribution in [2.45, 2.75) is 30.7 Å². The Labute approximate surface area is 137 Å². The van der Waals surface area contributed by atoms with Crippen molar-refractivity contribution in [1.82, 2.24) is 4.31 Å². The van der Waals surface area contributed by atoms with E-state index in [2.05, 4.69) is 4.74 Å². The summed E-state index contributed by atoms with van der Waals surface area (Å²) >= 11 is 0. The van der Waals surface area contributed by atoms with Crippen LogP contribution in [-0.2, 0) is 14.8 Å². The zero-order valence-corrected chi connectivity index (χ0v) is 14.2. The van der Waals surface area contributed by atoms with Crippen molar-refractivity contribution in [2.75, 3.05) is 20.2 Å². The predicted molar refractivity (Wildman–Crippen MR) is 85.7 cm³/mol. The number of benzene rings is 1. The van der Waals surface area contributed by atoms with Gasteiger partial charge in [0.1, 0.15) is 0 Å². The van der Waals surface area contributed by atoms with Crippen molar-refractivity contribution in [3.8, 4) is 0 Å². The summed E-state index contributed by atoms with van der Waals surface area (Å²) < 4.78 is 31.3. The molecule has 1 aliphatic rings. The highest BCUT2D eigenvalue weighted by Crippen LogP contribution is 2.23. The number of sulfonamides is 1. The van der Waals surface area contributed by atoms with Crippen molar-refractivity contribution in [2.24, 2.45) is 5.73 Å². The van der Waals surface area contributed by atoms with Gasteiger partial charge in [-0.15, -0.1) is 12.4 Å². The Morgan fingerprint density at radius 1 is 1.41 bits per heavy atom. The zero-order chi connectivity index (χ0) is 15.6. The Balaban J connectivity index is 0.00000242. The van der Waals surface area contributed by atoms with Gasteiger partial charge in [-0.25, -0.2) is 13.2 Å². The second-order valence-electron chi connectivity index (χ2n) is 5.23. The minimum Gasteiger partial charge on any atom is -0.465 e. The third-order valence-corrected chi connectivity index (χ3v) is 5.53. The molecule has 1 atom stereocenters. The fourth-order valence-electron chi connectivity index (χ4n) is 2.43. The van der Waals surface area contributed by atoms with Crippen LogP contribution in [0.15, 0.2) is 23.1 Å². The van der Waals surface area contributed by atoms with Crippen LogP contribution < -0.4 is 5.73 Å². The summed E-state index contributed by atoms with van der Waals surface area (Å²) in [5, 5.41) is 0. The van der Waals surface area contributed by atoms with Gasteiger partial charge in [-0.1, -0.05) is 6.07 Å². The molecule has 0 radical (unpaired) electrons. The minimum atomic E-state index is -3.63. The molecule has 0 saturated carbocycles. The standard InChI is InChI=1S/C14H20N2O4S.ClH/c1-10-5-6-12(8-13(10)14(17)20-2)21(18,19)16-7-3-4-11(15)9-16;/h5-6,8,11H,3-4,7,9,15H2,1-2H3;1H. The largest absolute Gasteiger partial charge is 0.465 e. The average molecular weight is 349 g/mol. The number of methoxy groups -OCH3 is 1. The van der Waals surface area contributed by atoms with Crippen LogP contribution in [0.3, 0.4) is 0 Å². The van der Waals surface area contributed by atoms with Crippen LogP contribution in [0.25, 0.3) is 0 Å². The van der Waals surface area contributed by atoms with Gasteiger partial charge in [0.05, 0.1) is 17.6 Å². The highest BCUT2D eigenvalue weighted by molar-refractivity contribution is 7.89. The third-order valence-electron chi connectivity index (χ3n) is 3.67. The van der Waals surface area contributed by atoms with Crippen LogP contribution in [0.5, 0.6) is 0 Å². The Hall–Kier alpha value is -1.15. The monoisotopic (exact) mass is 348 g/mol. The second-order valence-corrected chi connectivity index (χ2v) is 7.17. The van der Waals surface area contributed by atoms with Crippen LogP contribution in [0, 0.1) is 6.92 Å². The van der Waals surface area contributed by atoms with Gasteiger partial charge >= 0.3 is 5.97 Å². The molecule has 1 saturated heterocycles. The molecule has 6 nitrogen and oxygen atoms in total. The van der Waals surface area contributed by atoms with Crippen LogP contribution in [-0.4, -0.2) is 44.9 Å². The third kappa shape index (κ3) is 3.78. The van der Waals surface area contributed by atoms with Gasteiger partial charge in [-0.3, -0.25) is 0 Å². The molecular weight excluding hydrogens is 328 g/mol. The molecular formula is C14H21ClN2O4S. The Kier molecular flexibility index (Phi) is 6.37. The van der Waals surface area contributed by atoms with E-state index in [9.17, 15) is 13.2 Å². The van der Waals surface area contributed by atoms with Crippen molar-refractivity contribution in [3.63, 3.8) is 0 Å². The number of nitrogens with zero attached hydrogens (tertiary/aromatic N) is 1. The zero-order valence-electron chi connectivity index (χ0n) is 12.6. The lowest BCUT2D eigenvalue weighted by atomic mass is 10.1. The molecule has 1 aromatic carbocycles. The van der Waals surface area contributed by atoms with E-state index in [0.717, 1.165) is 12.8 Å². The number of ether oxygens (including phenoxy) is 1. The van der Waals surface area contributed by atoms with Gasteiger partial charge in [0, 0.05) is 19.1 Å². The molecule has 2 N–H and O–H groups in total. The molecule has 1 heterocycles. The van der Waals surface area contributed by atoms with Crippen LogP contribution >= 0.6 is 12.4 Å². The molecule has 1 unspecified atom stereocenters. The fourth-order valence-corrected chi connectivity index (χ4v) is 3.99. The van der Waals surface area contributed by atoms with Gasteiger partial charge in [-0.2, -0.15) is 4.31 Å². The first-order valence-corrected chi connectivity index (χ1v) is 8.25. The van der Waals surface area contributed by atoms with E-state index in [-0.39, 0.29) is 28.9 Å². The summed E-state index contributed by atoms with van der Waals surface area (Å²) in [7, 11) is -2.36. The van der Waals surface area contributed by atoms with Crippen molar-refractivity contribution < 1.29 is 17.9 Å². The fraction of sp³-hybridized carbons (Fsp3) is 0.500. The number of hydrogen-bond acceptors (Lipinski definition) is 5. The first kappa shape index (κ1) is 18.9. The van der Waals surface area contributed by atoms with E-state index in [0.29, 0.717) is 18.7 Å². The number of aryl methyl sites for hydroxylation is 1. The highest BCUT2D eigenvalue weighted by Gasteiger charge is 2.29. The normalized spacial score (nSPS) is 19.3. The van der Waals surface area contributed by atoms with Gasteiger partial charge in [0.15, 0.2) is 0 Å². The molecule has 0 spiro atoms. The quantitative estimate of drug-likeness (QED) is 0.832. The molecule has 0 aromatic heterocycles. The van der Waals surface area contributed by atoms with Crippen molar-refractivity contribution >= 4 is 28.4 Å². The molecule has 124 valence electrons. The lowest BCUT2D eigenvalue weighted by Gasteiger charge is -2.30. The summed E-state index contributed by atoms with van der Waals surface area (Å²) in [4.78, 5) is 11.8. The van der Waals surface area contributed by atoms with Gasteiger partial charge in [0.25, 0.3) is 0 Å². The van der Waals surface area contributed by atoms with Crippen molar-refractivity contribution in [3.05, 3.63) is 29.3 Å². The summed E-state index contributed by atoms with van der Waals surface area (Å²) in [5.74, 6) is -0.542. The Morgan fingerprint density at radius 2 is 2.09 bits per heavy atom. The Morgan fingerprint density at radius 3 is 2.68 bits per heavy atom. The lowest BCUT2D eigenvalue weighted by molar-refractivity contribution is 0.0599. The van der Waals surface area contributed by atoms with Gasteiger partial charge in [0.2, 0.25) is 10.0 Å². The number of carbonyl (C=O) groups is 1. The van der Waals surface area contributed by atoms with E-state index in [4.69, 9.17) is 5.73 Å². The molecule has 2 rings (SSSR count).